The van der Waals surface area contributed by atoms with Crippen LogP contribution in [0.4, 0.5) is 39.5 Å². The van der Waals surface area contributed by atoms with E-state index in [4.69, 9.17) is 0 Å². The van der Waals surface area contributed by atoms with E-state index in [0.29, 0.717) is 0 Å². The van der Waals surface area contributed by atoms with Gasteiger partial charge in [-0.15, -0.1) is 0 Å². The molecule has 0 aromatic heterocycles. The van der Waals surface area contributed by atoms with Crippen LogP contribution in [-0.4, -0.2) is 28.3 Å². The van der Waals surface area contributed by atoms with Crippen LogP contribution in [0.5, 0.6) is 0 Å². The highest BCUT2D eigenvalue weighted by Crippen LogP contribution is 2.58. The zero-order chi connectivity index (χ0) is 14.5. The van der Waals surface area contributed by atoms with Gasteiger partial charge >= 0.3 is 28.3 Å². The molecule has 0 aliphatic rings. The SMILES string of the molecule is CC(F)(F)C(F)(F)C(F)(F)C(F)(F)C(F)(Cl)Cl. The van der Waals surface area contributed by atoms with Crippen LogP contribution in [0.1, 0.15) is 6.92 Å². The molecule has 0 saturated carbocycles. The summed E-state index contributed by atoms with van der Waals surface area (Å²) < 4.78 is 107. The molecule has 0 aromatic rings. The first-order valence-corrected chi connectivity index (χ1v) is 4.33. The highest BCUT2D eigenvalue weighted by atomic mass is 35.5. The molecule has 0 bridgehead atoms. The molecule has 0 aliphatic carbocycles. The van der Waals surface area contributed by atoms with Crippen molar-refractivity contribution in [3.63, 3.8) is 0 Å². The second-order valence-corrected chi connectivity index (χ2v) is 4.34. The summed E-state index contributed by atoms with van der Waals surface area (Å²) in [5.41, 5.74) is 0. The van der Waals surface area contributed by atoms with E-state index in [2.05, 4.69) is 23.2 Å². The number of alkyl halides is 11. The lowest BCUT2D eigenvalue weighted by molar-refractivity contribution is -0.370. The van der Waals surface area contributed by atoms with Crippen LogP contribution in [0.2, 0.25) is 0 Å². The van der Waals surface area contributed by atoms with Crippen LogP contribution in [0.15, 0.2) is 0 Å². The Kier molecular flexibility index (Phi) is 3.96. The highest BCUT2D eigenvalue weighted by molar-refractivity contribution is 6.47. The fraction of sp³-hybridized carbons (Fsp3) is 1.00. The Balaban J connectivity index is 5.73. The Labute approximate surface area is 98.7 Å². The molecule has 11 heteroatoms. The maximum absolute atomic E-state index is 12.6. The van der Waals surface area contributed by atoms with Gasteiger partial charge in [0.25, 0.3) is 0 Å². The number of rotatable bonds is 4. The summed E-state index contributed by atoms with van der Waals surface area (Å²) in [4.78, 5) is 0. The minimum absolute atomic E-state index is 0.737. The van der Waals surface area contributed by atoms with E-state index in [-0.39, 0.29) is 0 Å². The van der Waals surface area contributed by atoms with Crippen LogP contribution in [0.25, 0.3) is 0 Å². The third-order valence-corrected chi connectivity index (χ3v) is 2.17. The summed E-state index contributed by atoms with van der Waals surface area (Å²) in [5.74, 6) is -25.3. The summed E-state index contributed by atoms with van der Waals surface area (Å²) in [5, 5.41) is 0. The molecule has 0 rings (SSSR count). The molecule has 104 valence electrons. The van der Waals surface area contributed by atoms with E-state index >= 15 is 0 Å². The van der Waals surface area contributed by atoms with Crippen molar-refractivity contribution in [3.8, 4) is 0 Å². The third kappa shape index (κ3) is 2.40. The predicted octanol–water partition coefficient (Wildman–Crippen LogP) is 4.65. The van der Waals surface area contributed by atoms with Crippen molar-refractivity contribution in [3.05, 3.63) is 0 Å². The molecule has 0 atom stereocenters. The van der Waals surface area contributed by atoms with E-state index in [1.165, 1.54) is 0 Å². The van der Waals surface area contributed by atoms with Gasteiger partial charge in [-0.05, 0) is 0 Å². The average Bonchev–Trinajstić information content (AvgIpc) is 1.98. The van der Waals surface area contributed by atoms with E-state index in [9.17, 15) is 39.5 Å². The van der Waals surface area contributed by atoms with Crippen molar-refractivity contribution < 1.29 is 39.5 Å². The standard InChI is InChI=1S/C6H3Cl2F9/c1-2(9,10)3(11,12)4(13,14)5(15,16)6(7,8)17/h1H3. The minimum Gasteiger partial charge on any atom is -0.201 e. The molecule has 0 unspecified atom stereocenters. The smallest absolute Gasteiger partial charge is 0.201 e. The van der Waals surface area contributed by atoms with Gasteiger partial charge in [0, 0.05) is 6.92 Å². The maximum Gasteiger partial charge on any atom is 0.384 e. The summed E-state index contributed by atoms with van der Waals surface area (Å²) in [6.07, 6.45) is 0. The van der Waals surface area contributed by atoms with Gasteiger partial charge in [-0.2, -0.15) is 35.1 Å². The van der Waals surface area contributed by atoms with Gasteiger partial charge in [-0.3, -0.25) is 0 Å². The monoisotopic (exact) mass is 316 g/mol. The second-order valence-electron chi connectivity index (χ2n) is 3.11. The minimum atomic E-state index is -6.80. The molecule has 0 radical (unpaired) electrons. The predicted molar refractivity (Wildman–Crippen MR) is 41.0 cm³/mol. The molecule has 0 spiro atoms. The van der Waals surface area contributed by atoms with Crippen molar-refractivity contribution >= 4 is 23.2 Å². The summed E-state index contributed by atoms with van der Waals surface area (Å²) in [7, 11) is 0. The zero-order valence-electron chi connectivity index (χ0n) is 7.66. The van der Waals surface area contributed by atoms with Crippen LogP contribution in [-0.2, 0) is 0 Å². The van der Waals surface area contributed by atoms with Crippen molar-refractivity contribution in [2.24, 2.45) is 0 Å². The molecule has 0 aromatic carbocycles. The number of halogens is 11. The van der Waals surface area contributed by atoms with Crippen LogP contribution in [0, 0.1) is 0 Å². The van der Waals surface area contributed by atoms with Gasteiger partial charge in [-0.1, -0.05) is 23.2 Å². The zero-order valence-corrected chi connectivity index (χ0v) is 9.17. The Hall–Kier alpha value is -0.0500. The molecule has 0 amide bonds. The van der Waals surface area contributed by atoms with Gasteiger partial charge in [0.2, 0.25) is 0 Å². The molecule has 0 aliphatic heterocycles. The van der Waals surface area contributed by atoms with Crippen LogP contribution in [0.3, 0.4) is 0 Å². The molecule has 17 heavy (non-hydrogen) atoms. The molecular formula is C6H3Cl2F9. The van der Waals surface area contributed by atoms with Gasteiger partial charge in [0.05, 0.1) is 0 Å². The Morgan fingerprint density at radius 1 is 0.588 bits per heavy atom. The molecule has 0 N–H and O–H groups in total. The summed E-state index contributed by atoms with van der Waals surface area (Å²) in [6, 6.07) is 0. The van der Waals surface area contributed by atoms with Crippen LogP contribution >= 0.6 is 23.2 Å². The lowest BCUT2D eigenvalue weighted by Crippen LogP contribution is -2.65. The van der Waals surface area contributed by atoms with Crippen molar-refractivity contribution in [1.82, 2.24) is 0 Å². The summed E-state index contributed by atoms with van der Waals surface area (Å²) >= 11 is 7.91. The molecule has 0 heterocycles. The Morgan fingerprint density at radius 2 is 0.882 bits per heavy atom. The summed E-state index contributed by atoms with van der Waals surface area (Å²) in [6.45, 7) is -0.737. The lowest BCUT2D eigenvalue weighted by Gasteiger charge is -2.37. The van der Waals surface area contributed by atoms with Gasteiger partial charge in [0.15, 0.2) is 0 Å². The van der Waals surface area contributed by atoms with E-state index in [1.807, 2.05) is 0 Å². The molecule has 0 saturated heterocycles. The molecule has 0 fully saturated rings. The van der Waals surface area contributed by atoms with E-state index in [0.717, 1.165) is 0 Å². The molecule has 0 nitrogen and oxygen atoms in total. The fourth-order valence-corrected chi connectivity index (χ4v) is 0.888. The Bertz CT molecular complexity index is 259. The third-order valence-electron chi connectivity index (χ3n) is 1.70. The van der Waals surface area contributed by atoms with Gasteiger partial charge in [-0.25, -0.2) is 4.39 Å². The highest BCUT2D eigenvalue weighted by Gasteiger charge is 2.84. The van der Waals surface area contributed by atoms with Gasteiger partial charge in [0.1, 0.15) is 0 Å². The first kappa shape index (κ1) is 16.9. The fourth-order valence-electron chi connectivity index (χ4n) is 0.651. The second kappa shape index (κ2) is 3.97. The number of hydrogen-bond donors (Lipinski definition) is 0. The van der Waals surface area contributed by atoms with E-state index < -0.39 is 35.2 Å². The van der Waals surface area contributed by atoms with Crippen molar-refractivity contribution in [1.29, 1.82) is 0 Å². The first-order valence-electron chi connectivity index (χ1n) is 3.58. The topological polar surface area (TPSA) is 0 Å². The van der Waals surface area contributed by atoms with Crippen LogP contribution < -0.4 is 0 Å². The largest absolute Gasteiger partial charge is 0.384 e. The average molecular weight is 317 g/mol. The quantitative estimate of drug-likeness (QED) is 0.523. The van der Waals surface area contributed by atoms with Crippen molar-refractivity contribution in [2.75, 3.05) is 0 Å². The van der Waals surface area contributed by atoms with E-state index in [1.54, 1.807) is 0 Å². The van der Waals surface area contributed by atoms with Gasteiger partial charge < -0.3 is 0 Å². The molecular weight excluding hydrogens is 314 g/mol. The number of hydrogen-bond acceptors (Lipinski definition) is 0. The first-order chi connectivity index (χ1) is 7.00. The van der Waals surface area contributed by atoms with Crippen molar-refractivity contribution in [2.45, 2.75) is 35.2 Å². The Morgan fingerprint density at radius 3 is 1.06 bits per heavy atom. The maximum atomic E-state index is 12.6. The normalized spacial score (nSPS) is 16.2. The lowest BCUT2D eigenvalue weighted by atomic mass is 10.0.